The van der Waals surface area contributed by atoms with Gasteiger partial charge in [-0.25, -0.2) is 0 Å². The van der Waals surface area contributed by atoms with Crippen LogP contribution in [-0.2, 0) is 4.79 Å². The van der Waals surface area contributed by atoms with Crippen molar-refractivity contribution in [3.63, 3.8) is 0 Å². The lowest BCUT2D eigenvalue weighted by Gasteiger charge is -2.10. The quantitative estimate of drug-likeness (QED) is 0.788. The van der Waals surface area contributed by atoms with Gasteiger partial charge in [0.05, 0.1) is 17.5 Å². The number of carboxylic acids is 1. The molecule has 0 aliphatic rings. The SMILES string of the molecule is Cc1ccc(Oc2cc(C#N)c(O)c(C(=O)CCC(=O)O)c2)cc1. The summed E-state index contributed by atoms with van der Waals surface area (Å²) >= 11 is 0. The molecule has 0 radical (unpaired) electrons. The molecule has 2 rings (SSSR count). The number of phenols is 1. The van der Waals surface area contributed by atoms with Crippen LogP contribution >= 0.6 is 0 Å². The molecule has 2 aromatic rings. The summed E-state index contributed by atoms with van der Waals surface area (Å²) in [5.74, 6) is -1.42. The summed E-state index contributed by atoms with van der Waals surface area (Å²) in [7, 11) is 0. The van der Waals surface area contributed by atoms with Crippen molar-refractivity contribution in [3.05, 3.63) is 53.1 Å². The van der Waals surface area contributed by atoms with Crippen molar-refractivity contribution >= 4 is 11.8 Å². The fraction of sp³-hybridized carbons (Fsp3) is 0.167. The Kier molecular flexibility index (Phi) is 5.17. The van der Waals surface area contributed by atoms with E-state index in [1.165, 1.54) is 12.1 Å². The van der Waals surface area contributed by atoms with Gasteiger partial charge in [-0.15, -0.1) is 0 Å². The molecule has 0 fully saturated rings. The molecular weight excluding hydrogens is 310 g/mol. The molecule has 2 aromatic carbocycles. The third-order valence-corrected chi connectivity index (χ3v) is 3.33. The van der Waals surface area contributed by atoms with Gasteiger partial charge in [0.1, 0.15) is 23.3 Å². The Hall–Kier alpha value is -3.33. The molecule has 0 aliphatic carbocycles. The van der Waals surface area contributed by atoms with Crippen molar-refractivity contribution in [2.24, 2.45) is 0 Å². The molecule has 24 heavy (non-hydrogen) atoms. The second kappa shape index (κ2) is 7.29. The molecule has 0 aliphatic heterocycles. The third kappa shape index (κ3) is 4.11. The number of ether oxygens (including phenoxy) is 1. The Morgan fingerprint density at radius 2 is 1.79 bits per heavy atom. The Balaban J connectivity index is 2.34. The van der Waals surface area contributed by atoms with Crippen LogP contribution < -0.4 is 4.74 Å². The molecule has 0 bridgehead atoms. The molecule has 0 saturated carbocycles. The second-order valence-corrected chi connectivity index (χ2v) is 5.21. The van der Waals surface area contributed by atoms with Crippen LogP contribution in [0, 0.1) is 18.3 Å². The monoisotopic (exact) mass is 325 g/mol. The Morgan fingerprint density at radius 1 is 1.12 bits per heavy atom. The second-order valence-electron chi connectivity index (χ2n) is 5.21. The number of ketones is 1. The Labute approximate surface area is 138 Å². The van der Waals surface area contributed by atoms with Crippen LogP contribution in [0.15, 0.2) is 36.4 Å². The van der Waals surface area contributed by atoms with E-state index in [4.69, 9.17) is 15.1 Å². The van der Waals surface area contributed by atoms with E-state index in [1.807, 2.05) is 19.1 Å². The van der Waals surface area contributed by atoms with Crippen LogP contribution in [0.3, 0.4) is 0 Å². The number of carbonyl (C=O) groups is 2. The molecule has 0 amide bonds. The molecule has 6 heteroatoms. The first-order valence-electron chi connectivity index (χ1n) is 7.17. The van der Waals surface area contributed by atoms with Gasteiger partial charge in [-0.2, -0.15) is 5.26 Å². The van der Waals surface area contributed by atoms with Gasteiger partial charge < -0.3 is 14.9 Å². The molecule has 0 atom stereocenters. The first-order chi connectivity index (χ1) is 11.4. The lowest BCUT2D eigenvalue weighted by Crippen LogP contribution is -2.05. The fourth-order valence-corrected chi connectivity index (χ4v) is 2.06. The minimum atomic E-state index is -1.12. The van der Waals surface area contributed by atoms with Crippen LogP contribution in [-0.4, -0.2) is 22.0 Å². The Morgan fingerprint density at radius 3 is 2.38 bits per heavy atom. The van der Waals surface area contributed by atoms with Gasteiger partial charge in [0.15, 0.2) is 5.78 Å². The number of benzene rings is 2. The summed E-state index contributed by atoms with van der Waals surface area (Å²) in [5, 5.41) is 27.8. The highest BCUT2D eigenvalue weighted by Gasteiger charge is 2.18. The number of nitrogens with zero attached hydrogens (tertiary/aromatic N) is 1. The topological polar surface area (TPSA) is 108 Å². The van der Waals surface area contributed by atoms with Gasteiger partial charge in [0.2, 0.25) is 0 Å². The van der Waals surface area contributed by atoms with Crippen molar-refractivity contribution in [1.82, 2.24) is 0 Å². The Bertz CT molecular complexity index is 819. The van der Waals surface area contributed by atoms with Gasteiger partial charge >= 0.3 is 5.97 Å². The van der Waals surface area contributed by atoms with Crippen molar-refractivity contribution in [3.8, 4) is 23.3 Å². The first-order valence-corrected chi connectivity index (χ1v) is 7.17. The van der Waals surface area contributed by atoms with E-state index in [9.17, 15) is 14.7 Å². The zero-order valence-corrected chi connectivity index (χ0v) is 12.9. The van der Waals surface area contributed by atoms with Crippen LogP contribution in [0.1, 0.15) is 34.3 Å². The van der Waals surface area contributed by atoms with Crippen LogP contribution in [0.4, 0.5) is 0 Å². The number of phenolic OH excluding ortho intramolecular Hbond substituents is 1. The number of aromatic hydroxyl groups is 1. The molecule has 0 spiro atoms. The molecule has 0 unspecified atom stereocenters. The first kappa shape index (κ1) is 17.0. The summed E-state index contributed by atoms with van der Waals surface area (Å²) in [6.45, 7) is 1.93. The predicted molar refractivity (Wildman–Crippen MR) is 85.3 cm³/mol. The summed E-state index contributed by atoms with van der Waals surface area (Å²) in [4.78, 5) is 22.7. The van der Waals surface area contributed by atoms with Gasteiger partial charge in [0, 0.05) is 12.5 Å². The minimum Gasteiger partial charge on any atom is -0.506 e. The average molecular weight is 325 g/mol. The highest BCUT2D eigenvalue weighted by molar-refractivity contribution is 6.00. The zero-order valence-electron chi connectivity index (χ0n) is 12.9. The van der Waals surface area contributed by atoms with Gasteiger partial charge in [0.25, 0.3) is 0 Å². The van der Waals surface area contributed by atoms with Crippen molar-refractivity contribution < 1.29 is 24.5 Å². The molecule has 6 nitrogen and oxygen atoms in total. The lowest BCUT2D eigenvalue weighted by atomic mass is 10.0. The fourth-order valence-electron chi connectivity index (χ4n) is 2.06. The number of carbonyl (C=O) groups excluding carboxylic acids is 1. The smallest absolute Gasteiger partial charge is 0.303 e. The molecule has 0 aromatic heterocycles. The highest BCUT2D eigenvalue weighted by Crippen LogP contribution is 2.32. The predicted octanol–water partition coefficient (Wildman–Crippen LogP) is 3.41. The number of aryl methyl sites for hydroxylation is 1. The van der Waals surface area contributed by atoms with Crippen molar-refractivity contribution in [2.45, 2.75) is 19.8 Å². The summed E-state index contributed by atoms with van der Waals surface area (Å²) in [6, 6.07) is 11.6. The molecule has 122 valence electrons. The highest BCUT2D eigenvalue weighted by atomic mass is 16.5. The number of rotatable bonds is 6. The van der Waals surface area contributed by atoms with E-state index in [0.717, 1.165) is 5.56 Å². The normalized spacial score (nSPS) is 10.0. The van der Waals surface area contributed by atoms with E-state index in [2.05, 4.69) is 0 Å². The zero-order chi connectivity index (χ0) is 17.7. The summed E-state index contributed by atoms with van der Waals surface area (Å²) < 4.78 is 5.62. The molecule has 2 N–H and O–H groups in total. The standard InChI is InChI=1S/C18H15NO5/c1-11-2-4-13(5-3-11)24-14-8-12(10-19)18(23)15(9-14)16(20)6-7-17(21)22/h2-5,8-9,23H,6-7H2,1H3,(H,21,22). The van der Waals surface area contributed by atoms with Gasteiger partial charge in [-0.05, 0) is 25.1 Å². The van der Waals surface area contributed by atoms with Crippen molar-refractivity contribution in [1.29, 1.82) is 5.26 Å². The van der Waals surface area contributed by atoms with E-state index in [-0.39, 0.29) is 29.7 Å². The number of hydrogen-bond acceptors (Lipinski definition) is 5. The number of Topliss-reactive ketones (excluding diaryl/α,β-unsaturated/α-hetero) is 1. The largest absolute Gasteiger partial charge is 0.506 e. The molecular formula is C18H15NO5. The number of hydrogen-bond donors (Lipinski definition) is 2. The van der Waals surface area contributed by atoms with E-state index in [1.54, 1.807) is 18.2 Å². The number of aliphatic carboxylic acids is 1. The summed E-state index contributed by atoms with van der Waals surface area (Å²) in [5.41, 5.74) is 0.811. The maximum atomic E-state index is 12.1. The van der Waals surface area contributed by atoms with E-state index in [0.29, 0.717) is 5.75 Å². The maximum absolute atomic E-state index is 12.1. The molecule has 0 heterocycles. The average Bonchev–Trinajstić information content (AvgIpc) is 2.56. The molecule has 0 saturated heterocycles. The third-order valence-electron chi connectivity index (χ3n) is 3.33. The van der Waals surface area contributed by atoms with Gasteiger partial charge in [-0.3, -0.25) is 9.59 Å². The van der Waals surface area contributed by atoms with E-state index >= 15 is 0 Å². The lowest BCUT2D eigenvalue weighted by molar-refractivity contribution is -0.136. The van der Waals surface area contributed by atoms with Crippen LogP contribution in [0.25, 0.3) is 0 Å². The number of carboxylic acid groups (broad SMARTS) is 1. The van der Waals surface area contributed by atoms with Crippen molar-refractivity contribution in [2.75, 3.05) is 0 Å². The maximum Gasteiger partial charge on any atom is 0.303 e. The minimum absolute atomic E-state index is 0.113. The van der Waals surface area contributed by atoms with E-state index < -0.39 is 17.5 Å². The summed E-state index contributed by atoms with van der Waals surface area (Å²) in [6.07, 6.45) is -0.634. The van der Waals surface area contributed by atoms with Gasteiger partial charge in [-0.1, -0.05) is 17.7 Å². The van der Waals surface area contributed by atoms with Crippen LogP contribution in [0.5, 0.6) is 17.2 Å². The number of nitriles is 1. The van der Waals surface area contributed by atoms with Crippen LogP contribution in [0.2, 0.25) is 0 Å².